The second-order valence-electron chi connectivity index (χ2n) is 12.6. The standard InChI is InChI=1S/C40H54N2O9/c1-6-10-25-48-37(43)35(8-3)50-33-17-14-16-30(28-33)29-42(24-15-27-47-32-22-20-31(46-5)21-23-32)40(41-34-18-12-13-19-36(34)51-40)39(45,9-4)38(44)49-26-11-7-2/h12-14,16-23,28,35,41,45H,6-11,15,24-27,29H2,1-5H3/t35-,39?,40?/m1/s1. The molecule has 3 atom stereocenters. The van der Waals surface area contributed by atoms with E-state index in [4.69, 9.17) is 28.4 Å². The Morgan fingerprint density at radius 1 is 0.863 bits per heavy atom. The Morgan fingerprint density at radius 3 is 2.24 bits per heavy atom. The highest BCUT2D eigenvalue weighted by atomic mass is 16.6. The molecule has 51 heavy (non-hydrogen) atoms. The number of carbonyl (C=O) groups excluding carboxylic acids is 2. The van der Waals surface area contributed by atoms with E-state index >= 15 is 0 Å². The number of hydrogen-bond acceptors (Lipinski definition) is 11. The first-order valence-corrected chi connectivity index (χ1v) is 18.1. The van der Waals surface area contributed by atoms with Crippen molar-refractivity contribution in [2.45, 2.75) is 96.7 Å². The Kier molecular flexibility index (Phi) is 14.8. The maximum atomic E-state index is 13.9. The van der Waals surface area contributed by atoms with Gasteiger partial charge >= 0.3 is 11.9 Å². The summed E-state index contributed by atoms with van der Waals surface area (Å²) >= 11 is 0. The summed E-state index contributed by atoms with van der Waals surface area (Å²) in [7, 11) is 1.61. The number of hydrogen-bond donors (Lipinski definition) is 2. The monoisotopic (exact) mass is 706 g/mol. The number of esters is 2. The fourth-order valence-electron chi connectivity index (χ4n) is 5.85. The van der Waals surface area contributed by atoms with Crippen molar-refractivity contribution in [3.8, 4) is 23.0 Å². The SMILES string of the molecule is CCCCOC(=O)[C@@H](CC)Oc1cccc(CN(CCCOc2ccc(OC)cc2)C2(C(O)(CC)C(=O)OCCCC)Nc3ccccc3O2)c1. The molecule has 0 spiro atoms. The van der Waals surface area contributed by atoms with Crippen LogP contribution in [0.5, 0.6) is 23.0 Å². The number of carbonyl (C=O) groups is 2. The van der Waals surface area contributed by atoms with Gasteiger partial charge in [0, 0.05) is 13.1 Å². The number of para-hydroxylation sites is 2. The van der Waals surface area contributed by atoms with Crippen molar-refractivity contribution in [1.29, 1.82) is 0 Å². The molecule has 11 nitrogen and oxygen atoms in total. The Balaban J connectivity index is 1.66. The first-order chi connectivity index (χ1) is 24.7. The van der Waals surface area contributed by atoms with E-state index in [2.05, 4.69) is 5.32 Å². The molecule has 3 aromatic carbocycles. The van der Waals surface area contributed by atoms with Crippen LogP contribution < -0.4 is 24.3 Å². The van der Waals surface area contributed by atoms with Gasteiger partial charge in [0.15, 0.2) is 6.10 Å². The third-order valence-electron chi connectivity index (χ3n) is 8.86. The second kappa shape index (κ2) is 19.2. The highest BCUT2D eigenvalue weighted by molar-refractivity contribution is 5.83. The summed E-state index contributed by atoms with van der Waals surface area (Å²) in [5, 5.41) is 15.9. The Morgan fingerprint density at radius 2 is 1.57 bits per heavy atom. The smallest absolute Gasteiger partial charge is 0.347 e. The van der Waals surface area contributed by atoms with Gasteiger partial charge in [-0.2, -0.15) is 0 Å². The number of fused-ring (bicyclic) bond motifs is 1. The van der Waals surface area contributed by atoms with Crippen LogP contribution in [0.3, 0.4) is 0 Å². The Hall–Kier alpha value is -4.48. The van der Waals surface area contributed by atoms with Gasteiger partial charge in [-0.1, -0.05) is 64.8 Å². The second-order valence-corrected chi connectivity index (χ2v) is 12.6. The lowest BCUT2D eigenvalue weighted by molar-refractivity contribution is -0.220. The molecule has 1 heterocycles. The number of nitrogens with one attached hydrogen (secondary N) is 1. The van der Waals surface area contributed by atoms with E-state index in [0.29, 0.717) is 62.0 Å². The number of rotatable bonds is 22. The van der Waals surface area contributed by atoms with Crippen LogP contribution in [-0.4, -0.2) is 73.0 Å². The van der Waals surface area contributed by atoms with Gasteiger partial charge in [-0.25, -0.2) is 14.5 Å². The van der Waals surface area contributed by atoms with E-state index in [1.807, 2.05) is 86.3 Å². The van der Waals surface area contributed by atoms with Crippen molar-refractivity contribution in [1.82, 2.24) is 4.90 Å². The summed E-state index contributed by atoms with van der Waals surface area (Å²) in [5.41, 5.74) is -0.689. The predicted octanol–water partition coefficient (Wildman–Crippen LogP) is 7.11. The van der Waals surface area contributed by atoms with Crippen molar-refractivity contribution in [3.63, 3.8) is 0 Å². The number of nitrogens with zero attached hydrogens (tertiary/aromatic N) is 1. The zero-order valence-electron chi connectivity index (χ0n) is 30.7. The number of ether oxygens (including phenoxy) is 6. The minimum absolute atomic E-state index is 0.000725. The van der Waals surface area contributed by atoms with Crippen molar-refractivity contribution in [2.24, 2.45) is 0 Å². The van der Waals surface area contributed by atoms with Crippen LogP contribution in [0.1, 0.15) is 78.2 Å². The van der Waals surface area contributed by atoms with Gasteiger partial charge in [-0.05, 0) is 86.2 Å². The summed E-state index contributed by atoms with van der Waals surface area (Å²) in [5.74, 6) is -0.512. The molecule has 0 aliphatic carbocycles. The molecule has 0 fully saturated rings. The van der Waals surface area contributed by atoms with Crippen molar-refractivity contribution in [2.75, 3.05) is 38.8 Å². The van der Waals surface area contributed by atoms with E-state index < -0.39 is 29.5 Å². The molecule has 1 aliphatic rings. The highest BCUT2D eigenvalue weighted by Gasteiger charge is 2.64. The molecule has 3 aromatic rings. The van der Waals surface area contributed by atoms with Crippen LogP contribution in [0.2, 0.25) is 0 Å². The molecule has 1 aliphatic heterocycles. The van der Waals surface area contributed by atoms with Gasteiger partial charge in [-0.15, -0.1) is 0 Å². The normalized spacial score (nSPS) is 16.6. The van der Waals surface area contributed by atoms with E-state index in [-0.39, 0.29) is 19.6 Å². The summed E-state index contributed by atoms with van der Waals surface area (Å²) in [6.07, 6.45) is 3.40. The fourth-order valence-corrected chi connectivity index (χ4v) is 5.85. The van der Waals surface area contributed by atoms with E-state index in [9.17, 15) is 14.7 Å². The molecular weight excluding hydrogens is 652 g/mol. The molecule has 278 valence electrons. The molecule has 2 N–H and O–H groups in total. The van der Waals surface area contributed by atoms with Gasteiger partial charge < -0.3 is 38.8 Å². The molecule has 0 radical (unpaired) electrons. The van der Waals surface area contributed by atoms with Crippen molar-refractivity contribution in [3.05, 3.63) is 78.4 Å². The molecule has 2 unspecified atom stereocenters. The van der Waals surface area contributed by atoms with Crippen molar-refractivity contribution >= 4 is 17.6 Å². The van der Waals surface area contributed by atoms with Gasteiger partial charge in [0.1, 0.15) is 23.0 Å². The maximum absolute atomic E-state index is 13.9. The molecule has 4 rings (SSSR count). The molecule has 0 amide bonds. The van der Waals surface area contributed by atoms with Gasteiger partial charge in [0.25, 0.3) is 5.85 Å². The van der Waals surface area contributed by atoms with Gasteiger partial charge in [0.2, 0.25) is 5.60 Å². The van der Waals surface area contributed by atoms with E-state index in [0.717, 1.165) is 30.6 Å². The fraction of sp³-hybridized carbons (Fsp3) is 0.500. The lowest BCUT2D eigenvalue weighted by atomic mass is 9.91. The molecule has 0 saturated carbocycles. The molecule has 0 bridgehead atoms. The highest BCUT2D eigenvalue weighted by Crippen LogP contribution is 2.46. The zero-order chi connectivity index (χ0) is 36.7. The van der Waals surface area contributed by atoms with Crippen LogP contribution >= 0.6 is 0 Å². The van der Waals surface area contributed by atoms with Crippen LogP contribution in [0.25, 0.3) is 0 Å². The minimum Gasteiger partial charge on any atom is -0.497 e. The van der Waals surface area contributed by atoms with Crippen LogP contribution in [0.4, 0.5) is 5.69 Å². The van der Waals surface area contributed by atoms with Gasteiger partial charge in [0.05, 0.1) is 32.6 Å². The quantitative estimate of drug-likeness (QED) is 0.0821. The number of methoxy groups -OCH3 is 1. The Labute approximate surface area is 302 Å². The molecule has 0 saturated heterocycles. The number of unbranched alkanes of at least 4 members (excludes halogenated alkanes) is 2. The lowest BCUT2D eigenvalue weighted by Gasteiger charge is -2.48. The zero-order valence-corrected chi connectivity index (χ0v) is 30.7. The number of benzene rings is 3. The van der Waals surface area contributed by atoms with Gasteiger partial charge in [-0.3, -0.25) is 0 Å². The average molecular weight is 707 g/mol. The number of aliphatic hydroxyl groups is 1. The van der Waals surface area contributed by atoms with E-state index in [1.54, 1.807) is 26.2 Å². The third-order valence-corrected chi connectivity index (χ3v) is 8.86. The topological polar surface area (TPSA) is 125 Å². The van der Waals surface area contributed by atoms with Crippen molar-refractivity contribution < 1.29 is 43.1 Å². The molecular formula is C40H54N2O9. The van der Waals surface area contributed by atoms with Crippen LogP contribution in [0.15, 0.2) is 72.8 Å². The maximum Gasteiger partial charge on any atom is 0.347 e. The first-order valence-electron chi connectivity index (χ1n) is 18.1. The summed E-state index contributed by atoms with van der Waals surface area (Å²) < 4.78 is 35.2. The first kappa shape index (κ1) is 39.3. The Bertz CT molecular complexity index is 1510. The van der Waals surface area contributed by atoms with E-state index in [1.165, 1.54) is 0 Å². The summed E-state index contributed by atoms with van der Waals surface area (Å²) in [6.45, 7) is 9.10. The predicted molar refractivity (Wildman–Crippen MR) is 195 cm³/mol. The lowest BCUT2D eigenvalue weighted by Crippen LogP contribution is -2.73. The van der Waals surface area contributed by atoms with Crippen LogP contribution in [-0.2, 0) is 25.6 Å². The summed E-state index contributed by atoms with van der Waals surface area (Å²) in [6, 6.07) is 22.1. The third kappa shape index (κ3) is 9.86. The largest absolute Gasteiger partial charge is 0.497 e. The van der Waals surface area contributed by atoms with Crippen LogP contribution in [0, 0.1) is 0 Å². The summed E-state index contributed by atoms with van der Waals surface area (Å²) in [4.78, 5) is 28.5. The average Bonchev–Trinajstić information content (AvgIpc) is 3.56. The minimum atomic E-state index is -2.12. The molecule has 11 heteroatoms. The molecule has 0 aromatic heterocycles. The number of anilines is 1.